The molecule has 1 fully saturated rings. The molecule has 1 saturated carbocycles. The van der Waals surface area contributed by atoms with E-state index in [2.05, 4.69) is 5.32 Å². The second-order valence-electron chi connectivity index (χ2n) is 5.54. The summed E-state index contributed by atoms with van der Waals surface area (Å²) in [5.74, 6) is 0.534. The highest BCUT2D eigenvalue weighted by atomic mass is 35.5. The van der Waals surface area contributed by atoms with Gasteiger partial charge >= 0.3 is 0 Å². The molecule has 118 valence electrons. The molecule has 0 saturated heterocycles. The molecule has 1 amide bonds. The Bertz CT molecular complexity index is 448. The van der Waals surface area contributed by atoms with E-state index in [9.17, 15) is 4.79 Å². The summed E-state index contributed by atoms with van der Waals surface area (Å²) in [4.78, 5) is 11.9. The number of carbonyl (C=O) groups is 1. The molecule has 21 heavy (non-hydrogen) atoms. The zero-order valence-corrected chi connectivity index (χ0v) is 13.8. The van der Waals surface area contributed by atoms with Gasteiger partial charge < -0.3 is 11.1 Å². The van der Waals surface area contributed by atoms with Crippen molar-refractivity contribution in [2.45, 2.75) is 44.6 Å². The lowest BCUT2D eigenvalue weighted by atomic mass is 9.81. The van der Waals surface area contributed by atoms with Gasteiger partial charge in [0.1, 0.15) is 0 Å². The molecule has 2 rings (SSSR count). The Morgan fingerprint density at radius 1 is 1.33 bits per heavy atom. The Morgan fingerprint density at radius 2 is 2.05 bits per heavy atom. The van der Waals surface area contributed by atoms with Crippen molar-refractivity contribution in [2.75, 3.05) is 6.54 Å². The molecule has 3 nitrogen and oxygen atoms in total. The van der Waals surface area contributed by atoms with Crippen LogP contribution in [0.4, 0.5) is 0 Å². The largest absolute Gasteiger partial charge is 0.349 e. The van der Waals surface area contributed by atoms with Crippen LogP contribution in [-0.2, 0) is 4.79 Å². The summed E-state index contributed by atoms with van der Waals surface area (Å²) in [7, 11) is 0. The van der Waals surface area contributed by atoms with E-state index in [0.29, 0.717) is 18.9 Å². The average molecular weight is 331 g/mol. The fourth-order valence-electron chi connectivity index (χ4n) is 3.02. The van der Waals surface area contributed by atoms with Crippen LogP contribution in [0.25, 0.3) is 0 Å². The van der Waals surface area contributed by atoms with E-state index in [4.69, 9.17) is 17.3 Å². The fraction of sp³-hybridized carbons (Fsp3) is 0.562. The zero-order valence-electron chi connectivity index (χ0n) is 12.2. The van der Waals surface area contributed by atoms with Crippen LogP contribution < -0.4 is 11.1 Å². The van der Waals surface area contributed by atoms with E-state index >= 15 is 0 Å². The van der Waals surface area contributed by atoms with Crippen molar-refractivity contribution in [3.05, 3.63) is 34.9 Å². The Morgan fingerprint density at radius 3 is 2.67 bits per heavy atom. The molecule has 0 bridgehead atoms. The number of nitrogens with two attached hydrogens (primary N) is 1. The Kier molecular flexibility index (Phi) is 8.09. The molecule has 1 atom stereocenters. The molecule has 3 N–H and O–H groups in total. The van der Waals surface area contributed by atoms with Crippen LogP contribution in [0.1, 0.15) is 50.1 Å². The van der Waals surface area contributed by atoms with Crippen LogP contribution >= 0.6 is 24.0 Å². The van der Waals surface area contributed by atoms with Gasteiger partial charge in [-0.3, -0.25) is 4.79 Å². The topological polar surface area (TPSA) is 55.1 Å². The first-order valence-electron chi connectivity index (χ1n) is 7.45. The van der Waals surface area contributed by atoms with Crippen molar-refractivity contribution < 1.29 is 4.79 Å². The average Bonchev–Trinajstić information content (AvgIpc) is 2.46. The number of nitrogens with one attached hydrogen (secondary N) is 1. The standard InChI is InChI=1S/C16H23ClN2O.ClH/c17-14-8-4-7-13(11-14)16(19-15(20)9-10-18)12-5-2-1-3-6-12;/h4,7-8,11-12,16H,1-3,5-6,9-10,18H2,(H,19,20);1H. The van der Waals surface area contributed by atoms with Gasteiger partial charge in [0.15, 0.2) is 0 Å². The lowest BCUT2D eigenvalue weighted by molar-refractivity contribution is -0.122. The smallest absolute Gasteiger partial charge is 0.221 e. The first-order valence-corrected chi connectivity index (χ1v) is 7.83. The molecule has 0 heterocycles. The molecule has 1 aromatic carbocycles. The number of rotatable bonds is 5. The minimum Gasteiger partial charge on any atom is -0.349 e. The highest BCUT2D eigenvalue weighted by Crippen LogP contribution is 2.35. The van der Waals surface area contributed by atoms with E-state index in [1.807, 2.05) is 24.3 Å². The van der Waals surface area contributed by atoms with Crippen molar-refractivity contribution in [1.82, 2.24) is 5.32 Å². The van der Waals surface area contributed by atoms with Crippen molar-refractivity contribution in [3.63, 3.8) is 0 Å². The van der Waals surface area contributed by atoms with Crippen LogP contribution in [0.5, 0.6) is 0 Å². The maximum Gasteiger partial charge on any atom is 0.221 e. The van der Waals surface area contributed by atoms with Gasteiger partial charge in [0.25, 0.3) is 0 Å². The normalized spacial score (nSPS) is 16.9. The van der Waals surface area contributed by atoms with Gasteiger partial charge in [-0.05, 0) is 36.5 Å². The van der Waals surface area contributed by atoms with Crippen LogP contribution in [0.15, 0.2) is 24.3 Å². The van der Waals surface area contributed by atoms with Crippen LogP contribution in [-0.4, -0.2) is 12.5 Å². The van der Waals surface area contributed by atoms with E-state index in [0.717, 1.165) is 10.6 Å². The summed E-state index contributed by atoms with van der Waals surface area (Å²) < 4.78 is 0. The predicted octanol–water partition coefficient (Wildman–Crippen LogP) is 3.85. The lowest BCUT2D eigenvalue weighted by Gasteiger charge is -2.31. The Balaban J connectivity index is 0.00000220. The van der Waals surface area contributed by atoms with Gasteiger partial charge in [-0.25, -0.2) is 0 Å². The number of amides is 1. The molecule has 0 aromatic heterocycles. The first kappa shape index (κ1) is 18.3. The monoisotopic (exact) mass is 330 g/mol. The molecule has 0 spiro atoms. The molecule has 1 aliphatic rings. The van der Waals surface area contributed by atoms with Gasteiger partial charge in [-0.2, -0.15) is 0 Å². The Hall–Kier alpha value is -0.770. The van der Waals surface area contributed by atoms with Gasteiger partial charge in [0.05, 0.1) is 6.04 Å². The summed E-state index contributed by atoms with van der Waals surface area (Å²) in [5.41, 5.74) is 6.57. The summed E-state index contributed by atoms with van der Waals surface area (Å²) in [6, 6.07) is 7.89. The molecular weight excluding hydrogens is 307 g/mol. The molecule has 5 heteroatoms. The quantitative estimate of drug-likeness (QED) is 0.861. The van der Waals surface area contributed by atoms with Crippen molar-refractivity contribution in [3.8, 4) is 0 Å². The summed E-state index contributed by atoms with van der Waals surface area (Å²) >= 11 is 6.09. The van der Waals surface area contributed by atoms with Gasteiger partial charge in [-0.15, -0.1) is 12.4 Å². The molecular formula is C16H24Cl2N2O. The third kappa shape index (κ3) is 5.50. The van der Waals surface area contributed by atoms with Crippen LogP contribution in [0, 0.1) is 5.92 Å². The van der Waals surface area contributed by atoms with E-state index in [1.165, 1.54) is 32.1 Å². The third-order valence-corrected chi connectivity index (χ3v) is 4.25. The number of hydrogen-bond acceptors (Lipinski definition) is 2. The van der Waals surface area contributed by atoms with Crippen molar-refractivity contribution in [1.29, 1.82) is 0 Å². The number of halogens is 2. The minimum atomic E-state index is 0. The third-order valence-electron chi connectivity index (χ3n) is 4.02. The molecule has 0 aliphatic heterocycles. The number of carbonyl (C=O) groups excluding carboxylic acids is 1. The summed E-state index contributed by atoms with van der Waals surface area (Å²) in [6.07, 6.45) is 6.50. The first-order chi connectivity index (χ1) is 9.70. The van der Waals surface area contributed by atoms with Crippen LogP contribution in [0.3, 0.4) is 0 Å². The Labute approximate surface area is 138 Å². The minimum absolute atomic E-state index is 0. The van der Waals surface area contributed by atoms with E-state index < -0.39 is 0 Å². The van der Waals surface area contributed by atoms with E-state index in [-0.39, 0.29) is 24.4 Å². The lowest BCUT2D eigenvalue weighted by Crippen LogP contribution is -2.35. The summed E-state index contributed by atoms with van der Waals surface area (Å²) in [6.45, 7) is 0.388. The zero-order chi connectivity index (χ0) is 14.4. The van der Waals surface area contributed by atoms with Gasteiger partial charge in [0, 0.05) is 18.0 Å². The fourth-order valence-corrected chi connectivity index (χ4v) is 3.22. The maximum absolute atomic E-state index is 11.9. The highest BCUT2D eigenvalue weighted by molar-refractivity contribution is 6.30. The predicted molar refractivity (Wildman–Crippen MR) is 89.8 cm³/mol. The van der Waals surface area contributed by atoms with Gasteiger partial charge in [-0.1, -0.05) is 43.0 Å². The SMILES string of the molecule is Cl.NCCC(=O)NC(c1cccc(Cl)c1)C1CCCCC1. The molecule has 1 aromatic rings. The van der Waals surface area contributed by atoms with Crippen molar-refractivity contribution in [2.24, 2.45) is 11.7 Å². The van der Waals surface area contributed by atoms with Crippen LogP contribution in [0.2, 0.25) is 5.02 Å². The number of benzene rings is 1. The van der Waals surface area contributed by atoms with Crippen molar-refractivity contribution >= 4 is 29.9 Å². The molecule has 1 unspecified atom stereocenters. The second kappa shape index (κ2) is 9.29. The highest BCUT2D eigenvalue weighted by Gasteiger charge is 2.26. The summed E-state index contributed by atoms with van der Waals surface area (Å²) in [5, 5.41) is 3.87. The number of hydrogen-bond donors (Lipinski definition) is 2. The van der Waals surface area contributed by atoms with Gasteiger partial charge in [0.2, 0.25) is 5.91 Å². The molecule has 0 radical (unpaired) electrons. The second-order valence-corrected chi connectivity index (χ2v) is 5.97. The maximum atomic E-state index is 11.9. The van der Waals surface area contributed by atoms with E-state index in [1.54, 1.807) is 0 Å². The molecule has 1 aliphatic carbocycles.